The summed E-state index contributed by atoms with van der Waals surface area (Å²) < 4.78 is 4.27. The van der Waals surface area contributed by atoms with Crippen LogP contribution in [0.3, 0.4) is 0 Å². The highest BCUT2D eigenvalue weighted by atomic mass is 16.1. The highest BCUT2D eigenvalue weighted by Crippen LogP contribution is 2.22. The normalized spacial score (nSPS) is 11.3. The van der Waals surface area contributed by atoms with Gasteiger partial charge in [-0.1, -0.05) is 20.8 Å². The molecule has 6 heteroatoms. The van der Waals surface area contributed by atoms with E-state index in [-0.39, 0.29) is 5.91 Å². The van der Waals surface area contributed by atoms with Crippen molar-refractivity contribution in [2.45, 2.75) is 40.3 Å². The molecule has 0 spiro atoms. The minimum absolute atomic E-state index is 0.00889. The van der Waals surface area contributed by atoms with Crippen LogP contribution >= 0.6 is 0 Å². The lowest BCUT2D eigenvalue weighted by Crippen LogP contribution is -2.11. The Morgan fingerprint density at radius 3 is 2.83 bits per heavy atom. The lowest BCUT2D eigenvalue weighted by atomic mass is 10.2. The van der Waals surface area contributed by atoms with Crippen LogP contribution in [0.2, 0.25) is 0 Å². The first kappa shape index (κ1) is 16.2. The quantitative estimate of drug-likeness (QED) is 0.756. The minimum Gasteiger partial charge on any atom is -0.330 e. The van der Waals surface area contributed by atoms with Gasteiger partial charge < -0.3 is 14.5 Å². The Balaban J connectivity index is 2.00. The number of imidazole rings is 2. The third kappa shape index (κ3) is 3.48. The molecule has 3 aromatic rings. The van der Waals surface area contributed by atoms with Gasteiger partial charge in [0.2, 0.25) is 5.91 Å². The number of fused-ring (bicyclic) bond motifs is 1. The maximum Gasteiger partial charge on any atom is 0.224 e. The fourth-order valence-corrected chi connectivity index (χ4v) is 2.74. The summed E-state index contributed by atoms with van der Waals surface area (Å²) in [4.78, 5) is 20.5. The maximum atomic E-state index is 11.6. The SMILES string of the molecule is CCC(=O)Nc1ccc2c(c1)nc(Cn1ccnc1)n2CC(C)C. The predicted molar refractivity (Wildman–Crippen MR) is 94.8 cm³/mol. The van der Waals surface area contributed by atoms with Gasteiger partial charge in [-0.3, -0.25) is 4.79 Å². The molecule has 0 aliphatic heterocycles. The number of carbonyl (C=O) groups excluding carboxylic acids is 1. The van der Waals surface area contributed by atoms with Gasteiger partial charge in [-0.05, 0) is 24.1 Å². The molecule has 0 bridgehead atoms. The van der Waals surface area contributed by atoms with Gasteiger partial charge in [0.15, 0.2) is 0 Å². The molecule has 6 nitrogen and oxygen atoms in total. The lowest BCUT2D eigenvalue weighted by Gasteiger charge is -2.12. The third-order valence-corrected chi connectivity index (χ3v) is 3.86. The van der Waals surface area contributed by atoms with E-state index in [1.165, 1.54) is 0 Å². The van der Waals surface area contributed by atoms with Gasteiger partial charge in [0.1, 0.15) is 5.82 Å². The fourth-order valence-electron chi connectivity index (χ4n) is 2.74. The molecule has 0 atom stereocenters. The van der Waals surface area contributed by atoms with Crippen molar-refractivity contribution in [1.82, 2.24) is 19.1 Å². The van der Waals surface area contributed by atoms with Gasteiger partial charge in [-0.15, -0.1) is 0 Å². The summed E-state index contributed by atoms with van der Waals surface area (Å²) in [5, 5.41) is 2.90. The number of rotatable bonds is 6. The molecule has 0 fully saturated rings. The van der Waals surface area contributed by atoms with Gasteiger partial charge in [0.05, 0.1) is 23.9 Å². The average Bonchev–Trinajstić information content (AvgIpc) is 3.16. The van der Waals surface area contributed by atoms with E-state index in [1.807, 2.05) is 35.9 Å². The molecule has 0 aliphatic carbocycles. The van der Waals surface area contributed by atoms with Crippen molar-refractivity contribution in [3.8, 4) is 0 Å². The lowest BCUT2D eigenvalue weighted by molar-refractivity contribution is -0.115. The van der Waals surface area contributed by atoms with Gasteiger partial charge in [-0.2, -0.15) is 0 Å². The zero-order valence-electron chi connectivity index (χ0n) is 14.4. The number of aromatic nitrogens is 4. The Hall–Kier alpha value is -2.63. The molecule has 1 amide bonds. The molecular formula is C18H23N5O. The topological polar surface area (TPSA) is 64.7 Å². The number of anilines is 1. The zero-order valence-corrected chi connectivity index (χ0v) is 14.4. The van der Waals surface area contributed by atoms with Gasteiger partial charge >= 0.3 is 0 Å². The van der Waals surface area contributed by atoms with Crippen molar-refractivity contribution >= 4 is 22.6 Å². The second kappa shape index (κ2) is 6.86. The Morgan fingerprint density at radius 1 is 1.33 bits per heavy atom. The van der Waals surface area contributed by atoms with Crippen molar-refractivity contribution in [2.24, 2.45) is 5.92 Å². The van der Waals surface area contributed by atoms with Crippen LogP contribution in [0, 0.1) is 5.92 Å². The number of carbonyl (C=O) groups is 1. The Labute approximate surface area is 141 Å². The Bertz CT molecular complexity index is 833. The van der Waals surface area contributed by atoms with Crippen LogP contribution in [0.25, 0.3) is 11.0 Å². The second-order valence-electron chi connectivity index (χ2n) is 6.37. The van der Waals surface area contributed by atoms with Crippen molar-refractivity contribution in [3.63, 3.8) is 0 Å². The summed E-state index contributed by atoms with van der Waals surface area (Å²) in [6.45, 7) is 7.82. The molecule has 126 valence electrons. The van der Waals surface area contributed by atoms with Crippen molar-refractivity contribution in [3.05, 3.63) is 42.7 Å². The number of nitrogens with zero attached hydrogens (tertiary/aromatic N) is 4. The smallest absolute Gasteiger partial charge is 0.224 e. The summed E-state index contributed by atoms with van der Waals surface area (Å²) in [5.74, 6) is 1.52. The van der Waals surface area contributed by atoms with Crippen LogP contribution in [0.1, 0.15) is 33.0 Å². The fraction of sp³-hybridized carbons (Fsp3) is 0.389. The highest BCUT2D eigenvalue weighted by molar-refractivity contribution is 5.92. The largest absolute Gasteiger partial charge is 0.330 e. The number of amides is 1. The molecule has 0 aliphatic rings. The molecule has 24 heavy (non-hydrogen) atoms. The minimum atomic E-state index is 0.00889. The summed E-state index contributed by atoms with van der Waals surface area (Å²) >= 11 is 0. The zero-order chi connectivity index (χ0) is 17.1. The van der Waals surface area contributed by atoms with E-state index in [1.54, 1.807) is 12.5 Å². The molecule has 0 unspecified atom stereocenters. The summed E-state index contributed by atoms with van der Waals surface area (Å²) in [6.07, 6.45) is 5.97. The first-order chi connectivity index (χ1) is 11.6. The molecule has 2 heterocycles. The Kier molecular flexibility index (Phi) is 4.64. The van der Waals surface area contributed by atoms with Crippen LogP contribution in [0.5, 0.6) is 0 Å². The van der Waals surface area contributed by atoms with E-state index in [0.717, 1.165) is 29.1 Å². The first-order valence-electron chi connectivity index (χ1n) is 8.31. The third-order valence-electron chi connectivity index (χ3n) is 3.86. The van der Waals surface area contributed by atoms with E-state index in [4.69, 9.17) is 4.98 Å². The molecular weight excluding hydrogens is 302 g/mol. The summed E-state index contributed by atoms with van der Waals surface area (Å²) in [6, 6.07) is 5.92. The molecule has 2 aromatic heterocycles. The van der Waals surface area contributed by atoms with Crippen LogP contribution in [0.4, 0.5) is 5.69 Å². The van der Waals surface area contributed by atoms with E-state index in [2.05, 4.69) is 28.7 Å². The molecule has 0 saturated heterocycles. The van der Waals surface area contributed by atoms with Crippen LogP contribution < -0.4 is 5.32 Å². The molecule has 1 N–H and O–H groups in total. The molecule has 0 radical (unpaired) electrons. The number of benzene rings is 1. The molecule has 3 rings (SSSR count). The van der Waals surface area contributed by atoms with Crippen molar-refractivity contribution < 1.29 is 4.79 Å². The number of hydrogen-bond donors (Lipinski definition) is 1. The van der Waals surface area contributed by atoms with E-state index >= 15 is 0 Å². The molecule has 0 saturated carbocycles. The Morgan fingerprint density at radius 2 is 2.17 bits per heavy atom. The van der Waals surface area contributed by atoms with Crippen LogP contribution in [0.15, 0.2) is 36.9 Å². The summed E-state index contributed by atoms with van der Waals surface area (Å²) in [7, 11) is 0. The van der Waals surface area contributed by atoms with E-state index < -0.39 is 0 Å². The van der Waals surface area contributed by atoms with Gasteiger partial charge in [0.25, 0.3) is 0 Å². The monoisotopic (exact) mass is 325 g/mol. The van der Waals surface area contributed by atoms with E-state index in [0.29, 0.717) is 18.9 Å². The van der Waals surface area contributed by atoms with Gasteiger partial charge in [0, 0.05) is 31.0 Å². The van der Waals surface area contributed by atoms with E-state index in [9.17, 15) is 4.79 Å². The standard InChI is InChI=1S/C18H23N5O/c1-4-18(24)20-14-5-6-16-15(9-14)21-17(23(16)10-13(2)3)11-22-8-7-19-12-22/h5-9,12-13H,4,10-11H2,1-3H3,(H,20,24). The average molecular weight is 325 g/mol. The number of hydrogen-bond acceptors (Lipinski definition) is 3. The van der Waals surface area contributed by atoms with Crippen LogP contribution in [-0.4, -0.2) is 25.0 Å². The second-order valence-corrected chi connectivity index (χ2v) is 6.37. The first-order valence-corrected chi connectivity index (χ1v) is 8.31. The van der Waals surface area contributed by atoms with Crippen molar-refractivity contribution in [1.29, 1.82) is 0 Å². The highest BCUT2D eigenvalue weighted by Gasteiger charge is 2.13. The number of nitrogens with one attached hydrogen (secondary N) is 1. The van der Waals surface area contributed by atoms with Crippen molar-refractivity contribution in [2.75, 3.05) is 5.32 Å². The van der Waals surface area contributed by atoms with Crippen LogP contribution in [-0.2, 0) is 17.9 Å². The van der Waals surface area contributed by atoms with Gasteiger partial charge in [-0.25, -0.2) is 9.97 Å². The predicted octanol–water partition coefficient (Wildman–Crippen LogP) is 3.29. The molecule has 1 aromatic carbocycles. The summed E-state index contributed by atoms with van der Waals surface area (Å²) in [5.41, 5.74) is 2.78. The maximum absolute atomic E-state index is 11.6.